The summed E-state index contributed by atoms with van der Waals surface area (Å²) in [4.78, 5) is 20.6. The average molecular weight is 371 g/mol. The Balaban J connectivity index is 2.06. The number of hydrogen-bond donors (Lipinski definition) is 0. The van der Waals surface area contributed by atoms with Gasteiger partial charge >= 0.3 is 6.18 Å². The van der Waals surface area contributed by atoms with Crippen LogP contribution in [0.4, 0.5) is 13.2 Å². The molecule has 3 aromatic rings. The smallest absolute Gasteiger partial charge is 0.287 e. The molecular formula is C15H12F3N3OS2. The van der Waals surface area contributed by atoms with Crippen LogP contribution in [0.3, 0.4) is 0 Å². The van der Waals surface area contributed by atoms with Crippen molar-refractivity contribution < 1.29 is 13.2 Å². The standard InChI is InChI=1S/C15H12F3N3OS2/c1-2-7-21-12(22)9-5-3-4-6-10(9)19-13(21)24-14-20-11(8-23-14)15(16,17)18/h3-6,8H,2,7H2,1H3. The molecule has 24 heavy (non-hydrogen) atoms. The molecular weight excluding hydrogens is 359 g/mol. The number of alkyl halides is 3. The molecule has 0 atom stereocenters. The first-order valence-corrected chi connectivity index (χ1v) is 8.80. The van der Waals surface area contributed by atoms with Gasteiger partial charge in [-0.15, -0.1) is 11.3 Å². The molecule has 0 aliphatic carbocycles. The Labute approximate surface area is 143 Å². The maximum Gasteiger partial charge on any atom is 0.434 e. The monoisotopic (exact) mass is 371 g/mol. The van der Waals surface area contributed by atoms with Gasteiger partial charge < -0.3 is 0 Å². The highest BCUT2D eigenvalue weighted by molar-refractivity contribution is 8.00. The van der Waals surface area contributed by atoms with Crippen molar-refractivity contribution in [3.05, 3.63) is 45.7 Å². The summed E-state index contributed by atoms with van der Waals surface area (Å²) in [5, 5.41) is 1.81. The van der Waals surface area contributed by atoms with Gasteiger partial charge in [0.05, 0.1) is 10.9 Å². The van der Waals surface area contributed by atoms with Crippen LogP contribution < -0.4 is 5.56 Å². The van der Waals surface area contributed by atoms with Gasteiger partial charge in [-0.2, -0.15) is 13.2 Å². The van der Waals surface area contributed by atoms with E-state index >= 15 is 0 Å². The van der Waals surface area contributed by atoms with Crippen LogP contribution in [-0.2, 0) is 12.7 Å². The van der Waals surface area contributed by atoms with Gasteiger partial charge in [-0.25, -0.2) is 9.97 Å². The number of benzene rings is 1. The molecule has 3 rings (SSSR count). The van der Waals surface area contributed by atoms with Crippen molar-refractivity contribution in [3.8, 4) is 0 Å². The zero-order valence-corrected chi connectivity index (χ0v) is 14.1. The second-order valence-corrected chi connectivity index (χ2v) is 7.04. The number of hydrogen-bond acceptors (Lipinski definition) is 5. The van der Waals surface area contributed by atoms with Crippen molar-refractivity contribution in [2.24, 2.45) is 0 Å². The first-order valence-electron chi connectivity index (χ1n) is 7.10. The van der Waals surface area contributed by atoms with Gasteiger partial charge in [-0.3, -0.25) is 9.36 Å². The minimum atomic E-state index is -4.48. The Morgan fingerprint density at radius 2 is 2.00 bits per heavy atom. The quantitative estimate of drug-likeness (QED) is 0.637. The number of para-hydroxylation sites is 1. The molecule has 0 spiro atoms. The van der Waals surface area contributed by atoms with Gasteiger partial charge in [0.2, 0.25) is 0 Å². The Morgan fingerprint density at radius 3 is 2.67 bits per heavy atom. The van der Waals surface area contributed by atoms with E-state index in [1.807, 2.05) is 6.92 Å². The average Bonchev–Trinajstić information content (AvgIpc) is 3.00. The molecule has 1 aromatic carbocycles. The summed E-state index contributed by atoms with van der Waals surface area (Å²) in [5.41, 5.74) is -0.609. The zero-order chi connectivity index (χ0) is 17.3. The van der Waals surface area contributed by atoms with E-state index in [0.717, 1.165) is 28.5 Å². The minimum Gasteiger partial charge on any atom is -0.287 e. The molecule has 0 aliphatic rings. The Kier molecular flexibility index (Phi) is 4.64. The normalized spacial score (nSPS) is 12.0. The van der Waals surface area contributed by atoms with Crippen LogP contribution in [0.2, 0.25) is 0 Å². The lowest BCUT2D eigenvalue weighted by Crippen LogP contribution is -2.23. The minimum absolute atomic E-state index is 0.197. The maximum atomic E-state index is 12.7. The van der Waals surface area contributed by atoms with E-state index in [2.05, 4.69) is 9.97 Å². The fourth-order valence-electron chi connectivity index (χ4n) is 2.16. The van der Waals surface area contributed by atoms with Crippen molar-refractivity contribution in [2.45, 2.75) is 35.6 Å². The predicted octanol–water partition coefficient (Wildman–Crippen LogP) is 4.43. The summed E-state index contributed by atoms with van der Waals surface area (Å²) in [6.07, 6.45) is -3.77. The molecule has 0 N–H and O–H groups in total. The highest BCUT2D eigenvalue weighted by Gasteiger charge is 2.34. The predicted molar refractivity (Wildman–Crippen MR) is 87.5 cm³/mol. The molecule has 0 radical (unpaired) electrons. The Morgan fingerprint density at radius 1 is 1.25 bits per heavy atom. The van der Waals surface area contributed by atoms with Crippen molar-refractivity contribution in [1.29, 1.82) is 0 Å². The van der Waals surface area contributed by atoms with Gasteiger partial charge in [0.25, 0.3) is 5.56 Å². The fraction of sp³-hybridized carbons (Fsp3) is 0.267. The highest BCUT2D eigenvalue weighted by atomic mass is 32.2. The molecule has 4 nitrogen and oxygen atoms in total. The second-order valence-electron chi connectivity index (χ2n) is 4.97. The number of halogens is 3. The highest BCUT2D eigenvalue weighted by Crippen LogP contribution is 2.35. The molecule has 0 saturated carbocycles. The van der Waals surface area contributed by atoms with E-state index < -0.39 is 11.9 Å². The van der Waals surface area contributed by atoms with E-state index in [4.69, 9.17) is 0 Å². The number of rotatable bonds is 4. The first-order chi connectivity index (χ1) is 11.4. The fourth-order valence-corrected chi connectivity index (χ4v) is 4.00. The van der Waals surface area contributed by atoms with Gasteiger partial charge in [0.1, 0.15) is 0 Å². The molecule has 0 saturated heterocycles. The van der Waals surface area contributed by atoms with E-state index in [-0.39, 0.29) is 9.90 Å². The van der Waals surface area contributed by atoms with E-state index in [1.54, 1.807) is 24.3 Å². The van der Waals surface area contributed by atoms with E-state index in [9.17, 15) is 18.0 Å². The lowest BCUT2D eigenvalue weighted by molar-refractivity contribution is -0.141. The van der Waals surface area contributed by atoms with Crippen LogP contribution in [0, 0.1) is 0 Å². The summed E-state index contributed by atoms with van der Waals surface area (Å²) in [5.74, 6) is 0. The molecule has 9 heteroatoms. The van der Waals surface area contributed by atoms with Gasteiger partial charge in [-0.1, -0.05) is 19.1 Å². The summed E-state index contributed by atoms with van der Waals surface area (Å²) in [6, 6.07) is 6.92. The lowest BCUT2D eigenvalue weighted by atomic mass is 10.2. The van der Waals surface area contributed by atoms with Gasteiger partial charge in [0, 0.05) is 11.9 Å². The topological polar surface area (TPSA) is 47.8 Å². The van der Waals surface area contributed by atoms with E-state index in [1.165, 1.54) is 4.57 Å². The third-order valence-corrected chi connectivity index (χ3v) is 5.16. The van der Waals surface area contributed by atoms with Crippen molar-refractivity contribution in [1.82, 2.24) is 14.5 Å². The summed E-state index contributed by atoms with van der Waals surface area (Å²) >= 11 is 1.87. The van der Waals surface area contributed by atoms with Crippen LogP contribution in [-0.4, -0.2) is 14.5 Å². The molecule has 0 bridgehead atoms. The van der Waals surface area contributed by atoms with Crippen LogP contribution in [0.25, 0.3) is 10.9 Å². The number of nitrogens with zero attached hydrogens (tertiary/aromatic N) is 3. The van der Waals surface area contributed by atoms with Crippen LogP contribution >= 0.6 is 23.1 Å². The first kappa shape index (κ1) is 17.0. The van der Waals surface area contributed by atoms with Gasteiger partial charge in [0.15, 0.2) is 15.2 Å². The van der Waals surface area contributed by atoms with Gasteiger partial charge in [-0.05, 0) is 30.3 Å². The Bertz CT molecular complexity index is 934. The summed E-state index contributed by atoms with van der Waals surface area (Å²) in [7, 11) is 0. The largest absolute Gasteiger partial charge is 0.434 e. The second kappa shape index (κ2) is 6.56. The molecule has 0 fully saturated rings. The number of thiazole rings is 1. The molecule has 0 unspecified atom stereocenters. The molecule has 126 valence electrons. The van der Waals surface area contributed by atoms with Crippen LogP contribution in [0.5, 0.6) is 0 Å². The van der Waals surface area contributed by atoms with Crippen molar-refractivity contribution in [2.75, 3.05) is 0 Å². The lowest BCUT2D eigenvalue weighted by Gasteiger charge is -2.11. The van der Waals surface area contributed by atoms with E-state index in [0.29, 0.717) is 29.0 Å². The maximum absolute atomic E-state index is 12.7. The van der Waals surface area contributed by atoms with Crippen molar-refractivity contribution in [3.63, 3.8) is 0 Å². The van der Waals surface area contributed by atoms with Crippen molar-refractivity contribution >= 4 is 34.0 Å². The molecule has 0 amide bonds. The van der Waals surface area contributed by atoms with Crippen LogP contribution in [0.15, 0.2) is 43.9 Å². The third kappa shape index (κ3) is 3.32. The number of fused-ring (bicyclic) bond motifs is 1. The summed E-state index contributed by atoms with van der Waals surface area (Å²) in [6.45, 7) is 2.36. The molecule has 0 aliphatic heterocycles. The Hall–Kier alpha value is -1.87. The SMILES string of the molecule is CCCn1c(Sc2nc(C(F)(F)F)cs2)nc2ccccc2c1=O. The third-order valence-electron chi connectivity index (χ3n) is 3.23. The number of aromatic nitrogens is 3. The summed E-state index contributed by atoms with van der Waals surface area (Å²) < 4.78 is 39.7. The molecule has 2 aromatic heterocycles. The zero-order valence-electron chi connectivity index (χ0n) is 12.5. The molecule has 2 heterocycles. The van der Waals surface area contributed by atoms with Crippen LogP contribution in [0.1, 0.15) is 19.0 Å².